The monoisotopic (exact) mass is 249 g/mol. The number of aromatic nitrogens is 2. The van der Waals surface area contributed by atoms with Crippen LogP contribution in [0.4, 0.5) is 5.82 Å². The van der Waals surface area contributed by atoms with Crippen molar-refractivity contribution in [2.45, 2.75) is 58.6 Å². The van der Waals surface area contributed by atoms with E-state index in [2.05, 4.69) is 22.2 Å². The maximum Gasteiger partial charge on any atom is 0.133 e. The van der Waals surface area contributed by atoms with Crippen LogP contribution < -0.4 is 5.32 Å². The van der Waals surface area contributed by atoms with Gasteiger partial charge in [-0.3, -0.25) is 0 Å². The number of nitrogens with one attached hydrogen (secondary N) is 1. The Morgan fingerprint density at radius 1 is 1.17 bits per heavy atom. The summed E-state index contributed by atoms with van der Waals surface area (Å²) in [6, 6.07) is 0.469. The molecule has 4 nitrogen and oxygen atoms in total. The topological polar surface area (TPSA) is 47.0 Å². The highest BCUT2D eigenvalue weighted by molar-refractivity contribution is 5.46. The predicted molar refractivity (Wildman–Crippen MR) is 72.9 cm³/mol. The minimum absolute atomic E-state index is 0.389. The molecule has 0 spiro atoms. The predicted octanol–water partition coefficient (Wildman–Crippen LogP) is 2.77. The van der Waals surface area contributed by atoms with Crippen molar-refractivity contribution >= 4 is 5.82 Å². The molecule has 1 saturated carbocycles. The molecule has 0 saturated heterocycles. The summed E-state index contributed by atoms with van der Waals surface area (Å²) in [5.41, 5.74) is 2.21. The number of hydrogen-bond acceptors (Lipinski definition) is 4. The SMILES string of the molecule is COC1CCCC(Nc2nc(C)nc(C)c2C)C1. The molecule has 1 aliphatic carbocycles. The number of rotatable bonds is 3. The minimum atomic E-state index is 0.389. The normalized spacial score (nSPS) is 24.0. The fraction of sp³-hybridized carbons (Fsp3) is 0.714. The van der Waals surface area contributed by atoms with E-state index in [9.17, 15) is 0 Å². The van der Waals surface area contributed by atoms with E-state index in [1.165, 1.54) is 19.3 Å². The third-order valence-corrected chi connectivity index (χ3v) is 3.80. The standard InChI is InChI=1S/C14H23N3O/c1-9-10(2)15-11(3)16-14(9)17-12-6-5-7-13(8-12)18-4/h12-13H,5-8H2,1-4H3,(H,15,16,17). The van der Waals surface area contributed by atoms with Crippen LogP contribution in [0, 0.1) is 20.8 Å². The summed E-state index contributed by atoms with van der Waals surface area (Å²) in [4.78, 5) is 8.90. The Balaban J connectivity index is 2.09. The lowest BCUT2D eigenvalue weighted by molar-refractivity contribution is 0.0669. The molecule has 2 rings (SSSR count). The maximum absolute atomic E-state index is 5.46. The Labute approximate surface area is 109 Å². The molecule has 2 atom stereocenters. The molecule has 100 valence electrons. The second-order valence-electron chi connectivity index (χ2n) is 5.20. The van der Waals surface area contributed by atoms with Crippen molar-refractivity contribution in [3.05, 3.63) is 17.1 Å². The van der Waals surface area contributed by atoms with E-state index in [4.69, 9.17) is 4.74 Å². The van der Waals surface area contributed by atoms with Gasteiger partial charge in [0, 0.05) is 24.4 Å². The Kier molecular flexibility index (Phi) is 4.17. The fourth-order valence-electron chi connectivity index (χ4n) is 2.59. The highest BCUT2D eigenvalue weighted by Crippen LogP contribution is 2.25. The van der Waals surface area contributed by atoms with Crippen LogP contribution in [0.25, 0.3) is 0 Å². The summed E-state index contributed by atoms with van der Waals surface area (Å²) in [6.07, 6.45) is 5.05. The lowest BCUT2D eigenvalue weighted by atomic mass is 9.93. The second-order valence-corrected chi connectivity index (χ2v) is 5.20. The first-order chi connectivity index (χ1) is 8.60. The zero-order valence-corrected chi connectivity index (χ0v) is 11.8. The zero-order valence-electron chi connectivity index (χ0n) is 11.8. The molecule has 1 fully saturated rings. The van der Waals surface area contributed by atoms with Crippen LogP contribution in [-0.4, -0.2) is 29.2 Å². The molecule has 1 aliphatic rings. The van der Waals surface area contributed by atoms with Crippen molar-refractivity contribution in [2.24, 2.45) is 0 Å². The Morgan fingerprint density at radius 2 is 1.94 bits per heavy atom. The van der Waals surface area contributed by atoms with Gasteiger partial charge in [0.15, 0.2) is 0 Å². The van der Waals surface area contributed by atoms with Gasteiger partial charge in [-0.1, -0.05) is 0 Å². The molecule has 4 heteroatoms. The summed E-state index contributed by atoms with van der Waals surface area (Å²) in [5.74, 6) is 1.82. The largest absolute Gasteiger partial charge is 0.381 e. The Morgan fingerprint density at radius 3 is 2.67 bits per heavy atom. The van der Waals surface area contributed by atoms with Crippen LogP contribution in [0.5, 0.6) is 0 Å². The zero-order chi connectivity index (χ0) is 13.1. The number of anilines is 1. The molecule has 1 heterocycles. The van der Waals surface area contributed by atoms with Crippen molar-refractivity contribution in [3.8, 4) is 0 Å². The van der Waals surface area contributed by atoms with Gasteiger partial charge in [-0.2, -0.15) is 0 Å². The van der Waals surface area contributed by atoms with Gasteiger partial charge >= 0.3 is 0 Å². The first kappa shape index (κ1) is 13.3. The fourth-order valence-corrected chi connectivity index (χ4v) is 2.59. The van der Waals surface area contributed by atoms with Crippen LogP contribution in [-0.2, 0) is 4.74 Å². The van der Waals surface area contributed by atoms with Crippen LogP contribution in [0.2, 0.25) is 0 Å². The van der Waals surface area contributed by atoms with E-state index in [1.807, 2.05) is 13.8 Å². The smallest absolute Gasteiger partial charge is 0.133 e. The van der Waals surface area contributed by atoms with Gasteiger partial charge in [-0.25, -0.2) is 9.97 Å². The third kappa shape index (κ3) is 2.99. The molecule has 1 N–H and O–H groups in total. The summed E-state index contributed by atoms with van der Waals surface area (Å²) < 4.78 is 5.46. The van der Waals surface area contributed by atoms with Gasteiger partial charge in [0.2, 0.25) is 0 Å². The van der Waals surface area contributed by atoms with Crippen molar-refractivity contribution < 1.29 is 4.74 Å². The lowest BCUT2D eigenvalue weighted by Gasteiger charge is -2.29. The van der Waals surface area contributed by atoms with Crippen molar-refractivity contribution in [1.29, 1.82) is 0 Å². The Bertz CT molecular complexity index is 420. The molecule has 0 bridgehead atoms. The number of hydrogen-bond donors (Lipinski definition) is 1. The number of methoxy groups -OCH3 is 1. The van der Waals surface area contributed by atoms with Gasteiger partial charge < -0.3 is 10.1 Å². The van der Waals surface area contributed by atoms with Gasteiger partial charge in [0.05, 0.1) is 6.10 Å². The van der Waals surface area contributed by atoms with Crippen LogP contribution >= 0.6 is 0 Å². The molecule has 0 amide bonds. The first-order valence-electron chi connectivity index (χ1n) is 6.71. The summed E-state index contributed by atoms with van der Waals surface area (Å²) in [6.45, 7) is 6.05. The van der Waals surface area contributed by atoms with Crippen molar-refractivity contribution in [3.63, 3.8) is 0 Å². The highest BCUT2D eigenvalue weighted by Gasteiger charge is 2.22. The minimum Gasteiger partial charge on any atom is -0.381 e. The van der Waals surface area contributed by atoms with Crippen LogP contribution in [0.1, 0.15) is 42.8 Å². The second kappa shape index (κ2) is 5.65. The molecule has 1 aromatic rings. The van der Waals surface area contributed by atoms with Crippen molar-refractivity contribution in [1.82, 2.24) is 9.97 Å². The maximum atomic E-state index is 5.46. The van der Waals surface area contributed by atoms with E-state index in [-0.39, 0.29) is 0 Å². The van der Waals surface area contributed by atoms with E-state index < -0.39 is 0 Å². The molecule has 2 unspecified atom stereocenters. The third-order valence-electron chi connectivity index (χ3n) is 3.80. The molecule has 0 radical (unpaired) electrons. The number of ether oxygens (including phenoxy) is 1. The van der Waals surface area contributed by atoms with Gasteiger partial charge in [0.25, 0.3) is 0 Å². The number of aryl methyl sites for hydroxylation is 2. The summed E-state index contributed by atoms with van der Waals surface area (Å²) in [7, 11) is 1.80. The average Bonchev–Trinajstić information content (AvgIpc) is 2.35. The van der Waals surface area contributed by atoms with Crippen molar-refractivity contribution in [2.75, 3.05) is 12.4 Å². The molecular weight excluding hydrogens is 226 g/mol. The first-order valence-corrected chi connectivity index (χ1v) is 6.71. The molecule has 0 aromatic carbocycles. The van der Waals surface area contributed by atoms with E-state index in [0.29, 0.717) is 12.1 Å². The lowest BCUT2D eigenvalue weighted by Crippen LogP contribution is -2.31. The molecule has 0 aliphatic heterocycles. The Hall–Kier alpha value is -1.16. The summed E-state index contributed by atoms with van der Waals surface area (Å²) in [5, 5.41) is 3.56. The number of nitrogens with zero attached hydrogens (tertiary/aromatic N) is 2. The van der Waals surface area contributed by atoms with E-state index in [1.54, 1.807) is 7.11 Å². The molecule has 18 heavy (non-hydrogen) atoms. The average molecular weight is 249 g/mol. The molecular formula is C14H23N3O. The van der Waals surface area contributed by atoms with Gasteiger partial charge in [0.1, 0.15) is 11.6 Å². The van der Waals surface area contributed by atoms with Gasteiger partial charge in [-0.15, -0.1) is 0 Å². The quantitative estimate of drug-likeness (QED) is 0.894. The van der Waals surface area contributed by atoms with Crippen LogP contribution in [0.15, 0.2) is 0 Å². The van der Waals surface area contributed by atoms with E-state index >= 15 is 0 Å². The van der Waals surface area contributed by atoms with Crippen LogP contribution in [0.3, 0.4) is 0 Å². The highest BCUT2D eigenvalue weighted by atomic mass is 16.5. The summed E-state index contributed by atoms with van der Waals surface area (Å²) >= 11 is 0. The molecule has 1 aromatic heterocycles. The van der Waals surface area contributed by atoms with Gasteiger partial charge in [-0.05, 0) is 46.5 Å². The van der Waals surface area contributed by atoms with E-state index in [0.717, 1.165) is 29.3 Å².